The normalized spacial score (nSPS) is 26.8. The number of carboxylic acids is 3. The number of aliphatic carboxylic acids is 3. The quantitative estimate of drug-likeness (QED) is 0.144. The molecule has 0 radical (unpaired) electrons. The average molecular weight is 559 g/mol. The Kier molecular flexibility index (Phi) is 10.5. The van der Waals surface area contributed by atoms with Crippen LogP contribution in [0.5, 0.6) is 0 Å². The van der Waals surface area contributed by atoms with E-state index in [1.807, 2.05) is 16.0 Å². The monoisotopic (exact) mass is 558 g/mol. The Bertz CT molecular complexity index is 960. The molecule has 9 amide bonds. The Hall–Kier alpha value is -4.77. The minimum atomic E-state index is -1.07. The Morgan fingerprint density at radius 1 is 0.513 bits per heavy atom. The van der Waals surface area contributed by atoms with Crippen molar-refractivity contribution in [2.75, 3.05) is 0 Å². The Labute approximate surface area is 220 Å². The first-order valence-corrected chi connectivity index (χ1v) is 11.4. The standard InChI is InChI=1S/3C7H10N2O4/c3*1-7(3-2-4(10)11)5(12)8-6(13)9-7/h3*2-3H2,1H3,(H,10,11)(H2,8,9,12,13)/t2*7-;/m10./s1. The van der Waals surface area contributed by atoms with E-state index in [1.54, 1.807) is 0 Å². The van der Waals surface area contributed by atoms with Gasteiger partial charge in [0.2, 0.25) is 0 Å². The zero-order chi connectivity index (χ0) is 30.2. The van der Waals surface area contributed by atoms with Gasteiger partial charge < -0.3 is 31.3 Å². The number of urea groups is 3. The number of rotatable bonds is 9. The van der Waals surface area contributed by atoms with Gasteiger partial charge in [-0.05, 0) is 40.0 Å². The van der Waals surface area contributed by atoms with Crippen LogP contribution in [0.15, 0.2) is 0 Å². The van der Waals surface area contributed by atoms with E-state index in [2.05, 4.69) is 16.0 Å². The first kappa shape index (κ1) is 32.3. The third-order valence-corrected chi connectivity index (χ3v) is 5.87. The van der Waals surface area contributed by atoms with Crippen LogP contribution in [0.2, 0.25) is 0 Å². The first-order chi connectivity index (χ1) is 17.8. The second kappa shape index (κ2) is 12.7. The summed E-state index contributed by atoms with van der Waals surface area (Å²) < 4.78 is 0. The zero-order valence-electron chi connectivity index (χ0n) is 21.3. The fraction of sp³-hybridized carbons (Fsp3) is 0.571. The summed E-state index contributed by atoms with van der Waals surface area (Å²) in [4.78, 5) is 96.3. The summed E-state index contributed by atoms with van der Waals surface area (Å²) in [6.45, 7) is 4.49. The molecule has 0 aromatic heterocycles. The molecule has 0 saturated carbocycles. The zero-order valence-corrected chi connectivity index (χ0v) is 21.3. The highest BCUT2D eigenvalue weighted by Gasteiger charge is 2.43. The molecule has 0 bridgehead atoms. The average Bonchev–Trinajstić information content (AvgIpc) is 3.33. The van der Waals surface area contributed by atoms with Crippen molar-refractivity contribution in [3.8, 4) is 0 Å². The molecule has 18 heteroatoms. The van der Waals surface area contributed by atoms with E-state index in [0.717, 1.165) is 0 Å². The molecule has 1 unspecified atom stereocenters. The molecule has 0 aromatic rings. The molecule has 0 aliphatic carbocycles. The van der Waals surface area contributed by atoms with Crippen LogP contribution in [0.3, 0.4) is 0 Å². The molecule has 0 spiro atoms. The SMILES string of the molecule is CC1(CCC(=O)O)NC(=O)NC1=O.C[C@@]1(CCC(=O)O)NC(=O)NC1=O.C[C@]1(CCC(=O)O)NC(=O)NC1=O. The van der Waals surface area contributed by atoms with E-state index < -0.39 is 70.3 Å². The van der Waals surface area contributed by atoms with Crippen molar-refractivity contribution in [1.82, 2.24) is 31.9 Å². The van der Waals surface area contributed by atoms with Crippen molar-refractivity contribution in [3.63, 3.8) is 0 Å². The third kappa shape index (κ3) is 9.56. The second-order valence-electron chi connectivity index (χ2n) is 9.40. The largest absolute Gasteiger partial charge is 0.481 e. The van der Waals surface area contributed by atoms with E-state index in [-0.39, 0.29) is 38.5 Å². The molecular formula is C21H30N6O12. The molecule has 39 heavy (non-hydrogen) atoms. The van der Waals surface area contributed by atoms with Gasteiger partial charge in [0.15, 0.2) is 0 Å². The van der Waals surface area contributed by atoms with Crippen LogP contribution in [-0.4, -0.2) is 85.7 Å². The molecule has 0 aromatic carbocycles. The molecule has 3 fully saturated rings. The number of hydrogen-bond donors (Lipinski definition) is 9. The lowest BCUT2D eigenvalue weighted by atomic mass is 9.96. The van der Waals surface area contributed by atoms with Crippen molar-refractivity contribution >= 4 is 53.7 Å². The number of carbonyl (C=O) groups excluding carboxylic acids is 6. The Morgan fingerprint density at radius 3 is 0.846 bits per heavy atom. The van der Waals surface area contributed by atoms with Gasteiger partial charge in [0, 0.05) is 19.3 Å². The lowest BCUT2D eigenvalue weighted by molar-refractivity contribution is -0.139. The Morgan fingerprint density at radius 2 is 0.718 bits per heavy atom. The van der Waals surface area contributed by atoms with Crippen molar-refractivity contribution < 1.29 is 58.5 Å². The summed E-state index contributed by atoms with van der Waals surface area (Å²) in [7, 11) is 0. The summed E-state index contributed by atoms with van der Waals surface area (Å²) in [5.41, 5.74) is -3.22. The van der Waals surface area contributed by atoms with E-state index in [9.17, 15) is 43.2 Å². The molecule has 3 atom stereocenters. The number of carboxylic acid groups (broad SMARTS) is 3. The van der Waals surface area contributed by atoms with Gasteiger partial charge in [-0.15, -0.1) is 0 Å². The molecule has 3 rings (SSSR count). The van der Waals surface area contributed by atoms with Crippen molar-refractivity contribution in [3.05, 3.63) is 0 Å². The first-order valence-electron chi connectivity index (χ1n) is 11.4. The fourth-order valence-electron chi connectivity index (χ4n) is 3.34. The molecule has 3 saturated heterocycles. The van der Waals surface area contributed by atoms with Crippen LogP contribution in [0.1, 0.15) is 59.3 Å². The van der Waals surface area contributed by atoms with E-state index in [0.29, 0.717) is 0 Å². The van der Waals surface area contributed by atoms with Crippen LogP contribution < -0.4 is 31.9 Å². The topological polar surface area (TPSA) is 286 Å². The van der Waals surface area contributed by atoms with E-state index >= 15 is 0 Å². The maximum atomic E-state index is 11.1. The van der Waals surface area contributed by atoms with E-state index in [1.165, 1.54) is 20.8 Å². The number of hydrogen-bond acceptors (Lipinski definition) is 9. The predicted octanol–water partition coefficient (Wildman–Crippen LogP) is -1.65. The second-order valence-corrected chi connectivity index (χ2v) is 9.40. The molecule has 18 nitrogen and oxygen atoms in total. The molecule has 216 valence electrons. The predicted molar refractivity (Wildman–Crippen MR) is 126 cm³/mol. The lowest BCUT2D eigenvalue weighted by Gasteiger charge is -2.18. The smallest absolute Gasteiger partial charge is 0.322 e. The van der Waals surface area contributed by atoms with Crippen LogP contribution in [0, 0.1) is 0 Å². The molecular weight excluding hydrogens is 528 g/mol. The summed E-state index contributed by atoms with van der Waals surface area (Å²) in [5.74, 6) is -4.39. The van der Waals surface area contributed by atoms with Gasteiger partial charge in [-0.3, -0.25) is 44.7 Å². The summed E-state index contributed by atoms with van der Waals surface area (Å²) in [6, 6.07) is -1.71. The van der Waals surface area contributed by atoms with Crippen LogP contribution in [0.25, 0.3) is 0 Å². The van der Waals surface area contributed by atoms with Crippen LogP contribution >= 0.6 is 0 Å². The number of nitrogens with one attached hydrogen (secondary N) is 6. The van der Waals surface area contributed by atoms with Gasteiger partial charge in [-0.25, -0.2) is 14.4 Å². The van der Waals surface area contributed by atoms with Crippen LogP contribution in [0.4, 0.5) is 14.4 Å². The third-order valence-electron chi connectivity index (χ3n) is 5.87. The van der Waals surface area contributed by atoms with Gasteiger partial charge in [0.05, 0.1) is 0 Å². The van der Waals surface area contributed by atoms with Crippen LogP contribution in [-0.2, 0) is 28.8 Å². The molecule has 3 heterocycles. The summed E-state index contributed by atoms with van der Waals surface area (Å²) in [5, 5.41) is 38.5. The number of imide groups is 3. The highest BCUT2D eigenvalue weighted by molar-refractivity contribution is 6.08. The van der Waals surface area contributed by atoms with Gasteiger partial charge in [0.1, 0.15) is 16.6 Å². The summed E-state index contributed by atoms with van der Waals surface area (Å²) >= 11 is 0. The fourth-order valence-corrected chi connectivity index (χ4v) is 3.34. The van der Waals surface area contributed by atoms with Gasteiger partial charge >= 0.3 is 36.0 Å². The maximum absolute atomic E-state index is 11.1. The maximum Gasteiger partial charge on any atom is 0.322 e. The highest BCUT2D eigenvalue weighted by atomic mass is 16.4. The number of carbonyl (C=O) groups is 9. The van der Waals surface area contributed by atoms with Gasteiger partial charge in [-0.1, -0.05) is 0 Å². The Balaban J connectivity index is 0.000000292. The van der Waals surface area contributed by atoms with Gasteiger partial charge in [0.25, 0.3) is 17.7 Å². The highest BCUT2D eigenvalue weighted by Crippen LogP contribution is 2.18. The number of amides is 9. The summed E-state index contributed by atoms with van der Waals surface area (Å²) in [6.07, 6.45) is -0.154. The minimum Gasteiger partial charge on any atom is -0.481 e. The molecule has 3 aliphatic rings. The molecule has 9 N–H and O–H groups in total. The van der Waals surface area contributed by atoms with Crippen molar-refractivity contribution in [1.29, 1.82) is 0 Å². The van der Waals surface area contributed by atoms with E-state index in [4.69, 9.17) is 15.3 Å². The van der Waals surface area contributed by atoms with Gasteiger partial charge in [-0.2, -0.15) is 0 Å². The van der Waals surface area contributed by atoms with Crippen molar-refractivity contribution in [2.24, 2.45) is 0 Å². The lowest BCUT2D eigenvalue weighted by Crippen LogP contribution is -2.43. The van der Waals surface area contributed by atoms with Crippen molar-refractivity contribution in [2.45, 2.75) is 75.9 Å². The molecule has 3 aliphatic heterocycles. The minimum absolute atomic E-state index is 0.0971.